The van der Waals surface area contributed by atoms with Crippen LogP contribution in [0.15, 0.2) is 33.5 Å². The number of fused-ring (bicyclic) bond motifs is 1. The molecule has 0 saturated carbocycles. The number of rotatable bonds is 5. The fourth-order valence-electron chi connectivity index (χ4n) is 3.02. The van der Waals surface area contributed by atoms with Crippen molar-refractivity contribution >= 4 is 28.4 Å². The Hall–Kier alpha value is -3.13. The highest BCUT2D eigenvalue weighted by molar-refractivity contribution is 6.06. The number of hydrogen-bond acceptors (Lipinski definition) is 6. The van der Waals surface area contributed by atoms with Crippen molar-refractivity contribution in [2.45, 2.75) is 13.5 Å². The zero-order chi connectivity index (χ0) is 20.6. The Morgan fingerprint density at radius 2 is 2.04 bits per heavy atom. The number of benzene rings is 1. The van der Waals surface area contributed by atoms with Crippen LogP contribution < -0.4 is 10.9 Å². The maximum absolute atomic E-state index is 14.3. The van der Waals surface area contributed by atoms with Gasteiger partial charge in [0.15, 0.2) is 5.58 Å². The number of nitrogens with one attached hydrogen (secondary N) is 1. The average Bonchev–Trinajstić information content (AvgIpc) is 3.03. The molecule has 0 aliphatic heterocycles. The summed E-state index contributed by atoms with van der Waals surface area (Å²) >= 11 is 0. The van der Waals surface area contributed by atoms with Crippen molar-refractivity contribution < 1.29 is 18.3 Å². The van der Waals surface area contributed by atoms with Gasteiger partial charge in [0.25, 0.3) is 5.56 Å². The van der Waals surface area contributed by atoms with Gasteiger partial charge in [0.2, 0.25) is 0 Å². The number of carbonyl (C=O) groups excluding carboxylic acids is 1. The molecule has 1 N–H and O–H groups in total. The third-order valence-corrected chi connectivity index (χ3v) is 4.36. The summed E-state index contributed by atoms with van der Waals surface area (Å²) in [6.45, 7) is 2.22. The molecule has 3 rings (SSSR count). The minimum absolute atomic E-state index is 0.0320. The number of hydrogen-bond donors (Lipinski definition) is 1. The van der Waals surface area contributed by atoms with Crippen LogP contribution in [0.3, 0.4) is 0 Å². The second kappa shape index (κ2) is 7.47. The van der Waals surface area contributed by atoms with Crippen LogP contribution in [-0.2, 0) is 18.3 Å². The van der Waals surface area contributed by atoms with Gasteiger partial charge in [-0.1, -0.05) is 6.07 Å². The van der Waals surface area contributed by atoms with E-state index in [0.29, 0.717) is 12.3 Å². The van der Waals surface area contributed by atoms with E-state index in [0.717, 1.165) is 5.56 Å². The first-order chi connectivity index (χ1) is 13.2. The quantitative estimate of drug-likeness (QED) is 0.678. The number of pyridine rings is 1. The van der Waals surface area contributed by atoms with Crippen molar-refractivity contribution in [2.75, 3.05) is 26.5 Å². The number of carbonyl (C=O) groups is 1. The van der Waals surface area contributed by atoms with E-state index in [9.17, 15) is 14.0 Å². The zero-order valence-corrected chi connectivity index (χ0v) is 16.4. The van der Waals surface area contributed by atoms with Crippen LogP contribution in [0, 0.1) is 12.7 Å². The van der Waals surface area contributed by atoms with Gasteiger partial charge < -0.3 is 19.4 Å². The Morgan fingerprint density at radius 3 is 2.64 bits per heavy atom. The highest BCUT2D eigenvalue weighted by Crippen LogP contribution is 2.30. The number of halogens is 1. The van der Waals surface area contributed by atoms with E-state index in [-0.39, 0.29) is 33.6 Å². The molecular formula is C20H22FN3O4. The zero-order valence-electron chi connectivity index (χ0n) is 16.4. The molecule has 7 nitrogen and oxygen atoms in total. The van der Waals surface area contributed by atoms with Gasteiger partial charge in [-0.25, -0.2) is 9.18 Å². The van der Waals surface area contributed by atoms with Crippen LogP contribution in [0.2, 0.25) is 0 Å². The van der Waals surface area contributed by atoms with Crippen LogP contribution in [-0.4, -0.2) is 36.6 Å². The minimum Gasteiger partial charge on any atom is -0.465 e. The smallest absolute Gasteiger partial charge is 0.345 e. The fraction of sp³-hybridized carbons (Fsp3) is 0.300. The standard InChI is InChI=1S/C20H22FN3O4/c1-11-6-7-15(14(21)8-11)22-18-16(20(26)27-5)17-13(19(25)24(18)4)9-12(28-17)10-23(2)3/h6-9,22H,10H2,1-5H3. The molecule has 0 saturated heterocycles. The molecule has 2 heterocycles. The third-order valence-electron chi connectivity index (χ3n) is 4.36. The summed E-state index contributed by atoms with van der Waals surface area (Å²) in [6, 6.07) is 6.24. The van der Waals surface area contributed by atoms with E-state index in [4.69, 9.17) is 9.15 Å². The van der Waals surface area contributed by atoms with Crippen molar-refractivity contribution in [2.24, 2.45) is 7.05 Å². The molecule has 0 atom stereocenters. The minimum atomic E-state index is -0.693. The summed E-state index contributed by atoms with van der Waals surface area (Å²) < 4.78 is 26.3. The Morgan fingerprint density at radius 1 is 1.32 bits per heavy atom. The molecule has 8 heteroatoms. The molecule has 0 bridgehead atoms. The molecular weight excluding hydrogens is 365 g/mol. The monoisotopic (exact) mass is 387 g/mol. The van der Waals surface area contributed by atoms with Gasteiger partial charge in [-0.3, -0.25) is 9.36 Å². The molecule has 0 fully saturated rings. The van der Waals surface area contributed by atoms with Crippen molar-refractivity contribution in [1.82, 2.24) is 9.47 Å². The Kier molecular flexibility index (Phi) is 5.24. The van der Waals surface area contributed by atoms with Crippen molar-refractivity contribution in [1.29, 1.82) is 0 Å². The first kappa shape index (κ1) is 19.6. The maximum atomic E-state index is 14.3. The molecule has 0 aliphatic carbocycles. The number of esters is 1. The van der Waals surface area contributed by atoms with E-state index in [1.165, 1.54) is 24.8 Å². The predicted octanol–water partition coefficient (Wildman–Crippen LogP) is 3.17. The third kappa shape index (κ3) is 3.50. The lowest BCUT2D eigenvalue weighted by atomic mass is 10.1. The lowest BCUT2D eigenvalue weighted by Gasteiger charge is -2.16. The second-order valence-corrected chi connectivity index (χ2v) is 6.88. The normalized spacial score (nSPS) is 11.2. The van der Waals surface area contributed by atoms with Crippen molar-refractivity contribution in [3.63, 3.8) is 0 Å². The van der Waals surface area contributed by atoms with E-state index < -0.39 is 11.8 Å². The van der Waals surface area contributed by atoms with Crippen molar-refractivity contribution in [3.05, 3.63) is 57.3 Å². The molecule has 0 spiro atoms. The highest BCUT2D eigenvalue weighted by atomic mass is 19.1. The van der Waals surface area contributed by atoms with E-state index in [2.05, 4.69) is 5.32 Å². The summed E-state index contributed by atoms with van der Waals surface area (Å²) in [6.07, 6.45) is 0. The second-order valence-electron chi connectivity index (χ2n) is 6.88. The first-order valence-corrected chi connectivity index (χ1v) is 8.64. The molecule has 3 aromatic rings. The summed E-state index contributed by atoms with van der Waals surface area (Å²) in [7, 11) is 6.46. The number of furan rings is 1. The summed E-state index contributed by atoms with van der Waals surface area (Å²) in [5.41, 5.74) is 0.656. The van der Waals surface area contributed by atoms with Crippen LogP contribution >= 0.6 is 0 Å². The van der Waals surface area contributed by atoms with Gasteiger partial charge in [-0.05, 0) is 44.8 Å². The van der Waals surface area contributed by atoms with Crippen LogP contribution in [0.25, 0.3) is 11.0 Å². The maximum Gasteiger partial charge on any atom is 0.345 e. The van der Waals surface area contributed by atoms with Crippen molar-refractivity contribution in [3.8, 4) is 0 Å². The molecule has 0 radical (unpaired) electrons. The number of aromatic nitrogens is 1. The number of nitrogens with zero attached hydrogens (tertiary/aromatic N) is 2. The molecule has 28 heavy (non-hydrogen) atoms. The molecule has 2 aromatic heterocycles. The average molecular weight is 387 g/mol. The Bertz CT molecular complexity index is 1110. The summed E-state index contributed by atoms with van der Waals surface area (Å²) in [5.74, 6) is -0.573. The van der Waals surface area contributed by atoms with Crippen LogP contribution in [0.4, 0.5) is 15.9 Å². The largest absolute Gasteiger partial charge is 0.465 e. The van der Waals surface area contributed by atoms with E-state index >= 15 is 0 Å². The first-order valence-electron chi connectivity index (χ1n) is 8.64. The molecule has 0 aliphatic rings. The topological polar surface area (TPSA) is 76.7 Å². The van der Waals surface area contributed by atoms with Gasteiger partial charge in [0.05, 0.1) is 24.7 Å². The van der Waals surface area contributed by atoms with Crippen LogP contribution in [0.5, 0.6) is 0 Å². The number of aryl methyl sites for hydroxylation is 1. The fourth-order valence-corrected chi connectivity index (χ4v) is 3.02. The summed E-state index contributed by atoms with van der Waals surface area (Å²) in [4.78, 5) is 27.3. The lowest BCUT2D eigenvalue weighted by molar-refractivity contribution is 0.0602. The van der Waals surface area contributed by atoms with Crippen LogP contribution in [0.1, 0.15) is 21.7 Å². The van der Waals surface area contributed by atoms with Gasteiger partial charge in [-0.15, -0.1) is 0 Å². The molecule has 1 aromatic carbocycles. The molecule has 0 amide bonds. The Labute approximate surface area is 161 Å². The lowest BCUT2D eigenvalue weighted by Crippen LogP contribution is -2.23. The number of methoxy groups -OCH3 is 1. The number of ether oxygens (including phenoxy) is 1. The van der Waals surface area contributed by atoms with E-state index in [1.807, 2.05) is 19.0 Å². The summed E-state index contributed by atoms with van der Waals surface area (Å²) in [5, 5.41) is 3.11. The molecule has 148 valence electrons. The SMILES string of the molecule is COC(=O)c1c(Nc2ccc(C)cc2F)n(C)c(=O)c2cc(CN(C)C)oc12. The number of anilines is 2. The van der Waals surface area contributed by atoms with E-state index in [1.54, 1.807) is 25.1 Å². The van der Waals surface area contributed by atoms with Gasteiger partial charge in [0.1, 0.15) is 23.0 Å². The highest BCUT2D eigenvalue weighted by Gasteiger charge is 2.26. The van der Waals surface area contributed by atoms with Gasteiger partial charge in [-0.2, -0.15) is 0 Å². The van der Waals surface area contributed by atoms with Gasteiger partial charge >= 0.3 is 5.97 Å². The predicted molar refractivity (Wildman–Crippen MR) is 105 cm³/mol. The molecule has 0 unspecified atom stereocenters. The Balaban J connectivity index is 2.27. The van der Waals surface area contributed by atoms with Gasteiger partial charge in [0, 0.05) is 7.05 Å².